The molecule has 1 N–H and O–H groups in total. The molecule has 3 aromatic rings. The molecule has 3 heterocycles. The maximum absolute atomic E-state index is 14.2. The average molecular weight is 466 g/mol. The number of aromatic nitrogens is 2. The van der Waals surface area contributed by atoms with Gasteiger partial charge in [-0.05, 0) is 43.5 Å². The maximum Gasteiger partial charge on any atom is 0.407 e. The minimum absolute atomic E-state index is 0.00343. The van der Waals surface area contributed by atoms with E-state index in [4.69, 9.17) is 14.5 Å². The fourth-order valence-corrected chi connectivity index (χ4v) is 4.61. The zero-order chi connectivity index (χ0) is 23.9. The number of nitriles is 1. The predicted molar refractivity (Wildman–Crippen MR) is 116 cm³/mol. The first kappa shape index (κ1) is 22.0. The van der Waals surface area contributed by atoms with Crippen molar-refractivity contribution in [2.45, 2.75) is 30.8 Å². The molecule has 5 rings (SSSR count). The number of halogens is 2. The quantitative estimate of drug-likeness (QED) is 0.601. The summed E-state index contributed by atoms with van der Waals surface area (Å²) in [6.45, 7) is 1.34. The van der Waals surface area contributed by atoms with Crippen LogP contribution in [0.3, 0.4) is 0 Å². The summed E-state index contributed by atoms with van der Waals surface area (Å²) in [4.78, 5) is 21.8. The zero-order valence-electron chi connectivity index (χ0n) is 18.0. The molecule has 2 aromatic carbocycles. The van der Waals surface area contributed by atoms with Crippen molar-refractivity contribution in [3.05, 3.63) is 59.4 Å². The Labute approximate surface area is 193 Å². The second-order valence-electron chi connectivity index (χ2n) is 8.56. The number of benzene rings is 2. The molecule has 0 aliphatic carbocycles. The summed E-state index contributed by atoms with van der Waals surface area (Å²) < 4.78 is 39.7. The number of carbonyl (C=O) groups is 1. The third-order valence-corrected chi connectivity index (χ3v) is 6.50. The lowest BCUT2D eigenvalue weighted by Crippen LogP contribution is -2.45. The molecule has 34 heavy (non-hydrogen) atoms. The van der Waals surface area contributed by atoms with E-state index in [1.165, 1.54) is 4.90 Å². The number of likely N-dealkylation sites (tertiary alicyclic amines) is 1. The predicted octanol–water partition coefficient (Wildman–Crippen LogP) is 4.59. The van der Waals surface area contributed by atoms with E-state index in [9.17, 15) is 23.9 Å². The molecule has 2 aliphatic rings. The van der Waals surface area contributed by atoms with Crippen LogP contribution in [0.1, 0.15) is 36.4 Å². The van der Waals surface area contributed by atoms with Gasteiger partial charge in [-0.2, -0.15) is 5.26 Å². The van der Waals surface area contributed by atoms with E-state index in [1.807, 2.05) is 0 Å². The Bertz CT molecular complexity index is 1320. The number of ether oxygens (including phenoxy) is 2. The minimum Gasteiger partial charge on any atom is -0.465 e. The third-order valence-electron chi connectivity index (χ3n) is 6.50. The minimum atomic E-state index is -0.914. The van der Waals surface area contributed by atoms with Crippen molar-refractivity contribution < 1.29 is 28.2 Å². The number of hydrogen-bond donors (Lipinski definition) is 1. The molecule has 8 nitrogen and oxygen atoms in total. The maximum atomic E-state index is 14.2. The summed E-state index contributed by atoms with van der Waals surface area (Å²) in [5, 5.41) is 18.4. The molecule has 1 aromatic heterocycles. The Morgan fingerprint density at radius 1 is 1.21 bits per heavy atom. The highest BCUT2D eigenvalue weighted by atomic mass is 19.1. The van der Waals surface area contributed by atoms with E-state index in [1.54, 1.807) is 30.5 Å². The molecule has 174 valence electrons. The van der Waals surface area contributed by atoms with Crippen LogP contribution in [0.25, 0.3) is 11.0 Å². The van der Waals surface area contributed by atoms with Gasteiger partial charge in [0.25, 0.3) is 0 Å². The normalized spacial score (nSPS) is 19.3. The first-order valence-corrected chi connectivity index (χ1v) is 10.8. The number of hydrogen-bond acceptors (Lipinski definition) is 6. The van der Waals surface area contributed by atoms with Crippen LogP contribution >= 0.6 is 0 Å². The van der Waals surface area contributed by atoms with Gasteiger partial charge in [0.15, 0.2) is 11.6 Å². The van der Waals surface area contributed by atoms with Crippen LogP contribution in [-0.2, 0) is 4.74 Å². The Morgan fingerprint density at radius 2 is 1.97 bits per heavy atom. The molecular formula is C24H20F2N4O4. The molecule has 0 saturated carbocycles. The summed E-state index contributed by atoms with van der Waals surface area (Å²) in [6, 6.07) is 8.17. The van der Waals surface area contributed by atoms with Gasteiger partial charge in [0, 0.05) is 31.3 Å². The summed E-state index contributed by atoms with van der Waals surface area (Å²) in [7, 11) is 0. The van der Waals surface area contributed by atoms with Gasteiger partial charge >= 0.3 is 6.09 Å². The van der Waals surface area contributed by atoms with E-state index < -0.39 is 29.0 Å². The molecule has 1 amide bonds. The molecule has 0 bridgehead atoms. The van der Waals surface area contributed by atoms with Gasteiger partial charge in [0.2, 0.25) is 0 Å². The summed E-state index contributed by atoms with van der Waals surface area (Å²) in [6.07, 6.45) is 2.77. The van der Waals surface area contributed by atoms with E-state index in [2.05, 4.69) is 4.98 Å². The Morgan fingerprint density at radius 3 is 2.71 bits per heavy atom. The Hall–Kier alpha value is -3.84. The summed E-state index contributed by atoms with van der Waals surface area (Å²) in [5.74, 6) is -2.00. The smallest absolute Gasteiger partial charge is 0.407 e. The Balaban J connectivity index is 1.37. The lowest BCUT2D eigenvalue weighted by molar-refractivity contribution is -0.0394. The van der Waals surface area contributed by atoms with Gasteiger partial charge in [-0.1, -0.05) is 0 Å². The number of nitrogens with zero attached hydrogens (tertiary/aromatic N) is 4. The molecule has 0 radical (unpaired) electrons. The van der Waals surface area contributed by atoms with Crippen LogP contribution in [0.4, 0.5) is 13.6 Å². The van der Waals surface area contributed by atoms with Gasteiger partial charge in [-0.25, -0.2) is 18.6 Å². The van der Waals surface area contributed by atoms with Crippen LogP contribution < -0.4 is 4.74 Å². The molecular weight excluding hydrogens is 446 g/mol. The van der Waals surface area contributed by atoms with Crippen LogP contribution in [0.15, 0.2) is 36.5 Å². The monoisotopic (exact) mass is 466 g/mol. The second kappa shape index (κ2) is 8.50. The van der Waals surface area contributed by atoms with Crippen molar-refractivity contribution in [3.63, 3.8) is 0 Å². The number of amides is 1. The lowest BCUT2D eigenvalue weighted by Gasteiger charge is -2.37. The third kappa shape index (κ3) is 3.99. The van der Waals surface area contributed by atoms with Gasteiger partial charge in [0.1, 0.15) is 23.2 Å². The molecule has 1 unspecified atom stereocenters. The average Bonchev–Trinajstić information content (AvgIpc) is 3.25. The fourth-order valence-electron chi connectivity index (χ4n) is 4.61. The molecule has 2 aliphatic heterocycles. The molecule has 2 saturated heterocycles. The standard InChI is InChI=1S/C24H20F2N4O4/c25-17-2-3-18(26)22(16(17)11-27)34-15-1-4-19-20(9-15)29-21(12-28-19)14-10-24(33-13-14)5-7-30(8-6-24)23(31)32/h1-4,9,12,14H,5-8,10,13H2,(H,31,32). The van der Waals surface area contributed by atoms with Gasteiger partial charge in [0.05, 0.1) is 28.9 Å². The highest BCUT2D eigenvalue weighted by Crippen LogP contribution is 2.42. The van der Waals surface area contributed by atoms with Crippen molar-refractivity contribution in [1.29, 1.82) is 5.26 Å². The van der Waals surface area contributed by atoms with Crippen molar-refractivity contribution in [2.75, 3.05) is 19.7 Å². The largest absolute Gasteiger partial charge is 0.465 e. The van der Waals surface area contributed by atoms with Gasteiger partial charge in [-0.3, -0.25) is 4.98 Å². The van der Waals surface area contributed by atoms with Crippen molar-refractivity contribution in [2.24, 2.45) is 0 Å². The van der Waals surface area contributed by atoms with Crippen LogP contribution in [0, 0.1) is 23.0 Å². The second-order valence-corrected chi connectivity index (χ2v) is 8.56. The first-order chi connectivity index (χ1) is 16.4. The highest BCUT2D eigenvalue weighted by molar-refractivity contribution is 5.76. The fraction of sp³-hybridized carbons (Fsp3) is 0.333. The SMILES string of the molecule is N#Cc1c(F)ccc(F)c1Oc1ccc2ncc(C3COC4(CCN(C(=O)O)CC4)C3)nc2c1. The molecule has 10 heteroatoms. The number of rotatable bonds is 3. The molecule has 1 atom stereocenters. The number of carboxylic acid groups (broad SMARTS) is 1. The van der Waals surface area contributed by atoms with Crippen LogP contribution in [0.2, 0.25) is 0 Å². The van der Waals surface area contributed by atoms with Crippen molar-refractivity contribution >= 4 is 17.1 Å². The zero-order valence-corrected chi connectivity index (χ0v) is 18.0. The van der Waals surface area contributed by atoms with Gasteiger partial charge in [-0.15, -0.1) is 0 Å². The van der Waals surface area contributed by atoms with Crippen LogP contribution in [0.5, 0.6) is 11.5 Å². The number of piperidine rings is 1. The molecule has 2 fully saturated rings. The van der Waals surface area contributed by atoms with E-state index in [0.717, 1.165) is 24.2 Å². The summed E-state index contributed by atoms with van der Waals surface area (Å²) in [5.41, 5.74) is 0.965. The molecule has 1 spiro atoms. The van der Waals surface area contributed by atoms with Crippen molar-refractivity contribution in [3.8, 4) is 17.6 Å². The topological polar surface area (TPSA) is 109 Å². The number of fused-ring (bicyclic) bond motifs is 1. The van der Waals surface area contributed by atoms with E-state index in [-0.39, 0.29) is 17.3 Å². The Kier molecular flexibility index (Phi) is 5.49. The van der Waals surface area contributed by atoms with Gasteiger partial charge < -0.3 is 19.5 Å². The summed E-state index contributed by atoms with van der Waals surface area (Å²) >= 11 is 0. The van der Waals surface area contributed by atoms with E-state index >= 15 is 0 Å². The van der Waals surface area contributed by atoms with E-state index in [0.29, 0.717) is 43.6 Å². The van der Waals surface area contributed by atoms with Crippen LogP contribution in [-0.4, -0.2) is 51.4 Å². The lowest BCUT2D eigenvalue weighted by atomic mass is 9.84. The first-order valence-electron chi connectivity index (χ1n) is 10.8. The highest BCUT2D eigenvalue weighted by Gasteiger charge is 2.44. The van der Waals surface area contributed by atoms with Crippen molar-refractivity contribution in [1.82, 2.24) is 14.9 Å².